The second kappa shape index (κ2) is 5.62. The number of amides is 1. The van der Waals surface area contributed by atoms with E-state index in [1.807, 2.05) is 0 Å². The van der Waals surface area contributed by atoms with Crippen LogP contribution < -0.4 is 15.4 Å². The van der Waals surface area contributed by atoms with Crippen molar-refractivity contribution in [2.75, 3.05) is 10.6 Å². The molecule has 0 bridgehead atoms. The zero-order valence-electron chi connectivity index (χ0n) is 12.3. The third-order valence-electron chi connectivity index (χ3n) is 3.24. The molecule has 0 saturated heterocycles. The van der Waals surface area contributed by atoms with E-state index in [1.54, 1.807) is 0 Å². The summed E-state index contributed by atoms with van der Waals surface area (Å²) in [6.07, 6.45) is -1.01. The Balaban J connectivity index is 1.98. The van der Waals surface area contributed by atoms with Gasteiger partial charge in [0.05, 0.1) is 11.8 Å². The van der Waals surface area contributed by atoms with Crippen LogP contribution in [0.4, 0.5) is 17.3 Å². The van der Waals surface area contributed by atoms with Crippen molar-refractivity contribution in [3.63, 3.8) is 0 Å². The van der Waals surface area contributed by atoms with E-state index in [2.05, 4.69) is 15.4 Å². The third-order valence-corrected chi connectivity index (χ3v) is 4.72. The molecular weight excluding hydrogens is 340 g/mol. The Morgan fingerprint density at radius 2 is 2.08 bits per heavy atom. The predicted molar refractivity (Wildman–Crippen MR) is 82.8 cm³/mol. The fraction of sp³-hybridized carbons (Fsp3) is 0.154. The Morgan fingerprint density at radius 3 is 2.71 bits per heavy atom. The Labute approximate surface area is 136 Å². The van der Waals surface area contributed by atoms with Crippen LogP contribution in [0.2, 0.25) is 0 Å². The van der Waals surface area contributed by atoms with Gasteiger partial charge in [-0.25, -0.2) is 8.42 Å². The molecule has 1 amide bonds. The number of carbonyl (C=O) groups excluding carboxylic acids is 1. The molecule has 1 unspecified atom stereocenters. The molecule has 1 aliphatic heterocycles. The van der Waals surface area contributed by atoms with Gasteiger partial charge in [-0.2, -0.15) is 4.72 Å². The van der Waals surface area contributed by atoms with E-state index in [0.717, 1.165) is 6.07 Å². The number of benzene rings is 1. The van der Waals surface area contributed by atoms with Crippen molar-refractivity contribution in [2.45, 2.75) is 18.0 Å². The van der Waals surface area contributed by atoms with Crippen LogP contribution in [0, 0.1) is 10.1 Å². The summed E-state index contributed by atoms with van der Waals surface area (Å²) in [6.45, 7) is 1.33. The highest BCUT2D eigenvalue weighted by Gasteiger charge is 2.32. The predicted octanol–water partition coefficient (Wildman–Crippen LogP) is 1.55. The maximum Gasteiger partial charge on any atom is 0.433 e. The molecular formula is C13H12N4O6S. The molecule has 2 aromatic rings. The highest BCUT2D eigenvalue weighted by Crippen LogP contribution is 2.34. The van der Waals surface area contributed by atoms with Gasteiger partial charge in [-0.3, -0.25) is 14.9 Å². The number of nitrogens with one attached hydrogen (secondary N) is 3. The summed E-state index contributed by atoms with van der Waals surface area (Å²) >= 11 is 0. The lowest BCUT2D eigenvalue weighted by atomic mass is 10.2. The molecule has 0 spiro atoms. The first-order chi connectivity index (χ1) is 11.3. The highest BCUT2D eigenvalue weighted by molar-refractivity contribution is 7.89. The SMILES string of the molecule is CC(=O)Nc1ccc2c(c1)NC(c1ccc([N+](=O)[O-])o1)NS2(=O)=O. The van der Waals surface area contributed by atoms with Gasteiger partial charge in [-0.1, -0.05) is 0 Å². The van der Waals surface area contributed by atoms with Crippen molar-refractivity contribution in [1.29, 1.82) is 0 Å². The van der Waals surface area contributed by atoms with E-state index in [9.17, 15) is 23.3 Å². The van der Waals surface area contributed by atoms with Gasteiger partial charge in [-0.15, -0.1) is 0 Å². The van der Waals surface area contributed by atoms with Crippen LogP contribution in [0.25, 0.3) is 0 Å². The second-order valence-electron chi connectivity index (χ2n) is 5.02. The molecule has 11 heteroatoms. The number of carbonyl (C=O) groups is 1. The van der Waals surface area contributed by atoms with Gasteiger partial charge in [0.2, 0.25) is 15.9 Å². The fourth-order valence-corrected chi connectivity index (χ4v) is 3.55. The molecule has 1 atom stereocenters. The maximum atomic E-state index is 12.3. The van der Waals surface area contributed by atoms with Gasteiger partial charge in [0.15, 0.2) is 6.17 Å². The van der Waals surface area contributed by atoms with Gasteiger partial charge >= 0.3 is 5.88 Å². The lowest BCUT2D eigenvalue weighted by Crippen LogP contribution is -2.38. The lowest BCUT2D eigenvalue weighted by molar-refractivity contribution is -0.402. The molecule has 0 aliphatic carbocycles. The molecule has 24 heavy (non-hydrogen) atoms. The summed E-state index contributed by atoms with van der Waals surface area (Å²) in [4.78, 5) is 21.1. The number of hydrogen-bond acceptors (Lipinski definition) is 7. The van der Waals surface area contributed by atoms with Gasteiger partial charge in [-0.05, 0) is 24.3 Å². The number of nitro groups is 1. The summed E-state index contributed by atoms with van der Waals surface area (Å²) < 4.78 is 32.0. The van der Waals surface area contributed by atoms with Crippen molar-refractivity contribution in [3.8, 4) is 0 Å². The Hall–Kier alpha value is -2.92. The van der Waals surface area contributed by atoms with Gasteiger partial charge in [0.25, 0.3) is 0 Å². The van der Waals surface area contributed by atoms with Crippen LogP contribution in [0.1, 0.15) is 18.8 Å². The lowest BCUT2D eigenvalue weighted by Gasteiger charge is -2.26. The number of sulfonamides is 1. The van der Waals surface area contributed by atoms with E-state index >= 15 is 0 Å². The van der Waals surface area contributed by atoms with Gasteiger partial charge in [0.1, 0.15) is 15.6 Å². The molecule has 2 heterocycles. The summed E-state index contributed by atoms with van der Waals surface area (Å²) in [5.74, 6) is -0.755. The molecule has 0 fully saturated rings. The Morgan fingerprint density at radius 1 is 1.33 bits per heavy atom. The highest BCUT2D eigenvalue weighted by atomic mass is 32.2. The average Bonchev–Trinajstić information content (AvgIpc) is 2.95. The van der Waals surface area contributed by atoms with Crippen LogP contribution in [0.5, 0.6) is 0 Å². The van der Waals surface area contributed by atoms with Crippen LogP contribution >= 0.6 is 0 Å². The molecule has 3 N–H and O–H groups in total. The normalized spacial score (nSPS) is 18.3. The molecule has 1 aliphatic rings. The number of anilines is 2. The van der Waals surface area contributed by atoms with Crippen LogP contribution in [-0.2, 0) is 14.8 Å². The third kappa shape index (κ3) is 2.94. The fourth-order valence-electron chi connectivity index (χ4n) is 2.29. The minimum atomic E-state index is -3.85. The topological polar surface area (TPSA) is 144 Å². The molecule has 1 aromatic carbocycles. The largest absolute Gasteiger partial charge is 0.433 e. The van der Waals surface area contributed by atoms with Crippen molar-refractivity contribution in [3.05, 3.63) is 46.2 Å². The van der Waals surface area contributed by atoms with E-state index < -0.39 is 27.0 Å². The minimum Gasteiger partial charge on any atom is -0.402 e. The van der Waals surface area contributed by atoms with E-state index in [-0.39, 0.29) is 22.3 Å². The smallest absolute Gasteiger partial charge is 0.402 e. The number of fused-ring (bicyclic) bond motifs is 1. The van der Waals surface area contributed by atoms with E-state index in [1.165, 1.54) is 31.2 Å². The number of furan rings is 1. The monoisotopic (exact) mass is 352 g/mol. The maximum absolute atomic E-state index is 12.3. The minimum absolute atomic E-state index is 0.00564. The standard InChI is InChI=1S/C13H12N4O6S/c1-7(18)14-8-2-4-11-9(6-8)15-13(16-24(11,21)22)10-3-5-12(23-10)17(19)20/h2-6,13,15-16H,1H3,(H,14,18). The zero-order chi connectivity index (χ0) is 17.5. The van der Waals surface area contributed by atoms with Gasteiger partial charge in [0, 0.05) is 12.6 Å². The summed E-state index contributed by atoms with van der Waals surface area (Å²) in [6, 6.07) is 6.70. The van der Waals surface area contributed by atoms with Crippen LogP contribution in [0.3, 0.4) is 0 Å². The van der Waals surface area contributed by atoms with E-state index in [0.29, 0.717) is 5.69 Å². The van der Waals surface area contributed by atoms with Gasteiger partial charge < -0.3 is 15.1 Å². The molecule has 0 saturated carbocycles. The number of nitrogens with zero attached hydrogens (tertiary/aromatic N) is 1. The quantitative estimate of drug-likeness (QED) is 0.561. The summed E-state index contributed by atoms with van der Waals surface area (Å²) in [5, 5.41) is 16.1. The van der Waals surface area contributed by atoms with Crippen LogP contribution in [0.15, 0.2) is 39.6 Å². The molecule has 0 radical (unpaired) electrons. The first-order valence-corrected chi connectivity index (χ1v) is 8.19. The Kier molecular flexibility index (Phi) is 3.73. The average molecular weight is 352 g/mol. The number of rotatable bonds is 3. The van der Waals surface area contributed by atoms with Crippen molar-refractivity contribution >= 4 is 33.2 Å². The first-order valence-electron chi connectivity index (χ1n) is 6.71. The van der Waals surface area contributed by atoms with Crippen LogP contribution in [-0.4, -0.2) is 19.2 Å². The second-order valence-corrected chi connectivity index (χ2v) is 6.71. The molecule has 1 aromatic heterocycles. The zero-order valence-corrected chi connectivity index (χ0v) is 13.1. The first kappa shape index (κ1) is 16.0. The van der Waals surface area contributed by atoms with Crippen molar-refractivity contribution < 1.29 is 22.6 Å². The summed E-state index contributed by atoms with van der Waals surface area (Å²) in [7, 11) is -3.85. The van der Waals surface area contributed by atoms with Crippen molar-refractivity contribution in [2.24, 2.45) is 0 Å². The summed E-state index contributed by atoms with van der Waals surface area (Å²) in [5.41, 5.74) is 0.652. The van der Waals surface area contributed by atoms with Crippen molar-refractivity contribution in [1.82, 2.24) is 4.72 Å². The van der Waals surface area contributed by atoms with E-state index in [4.69, 9.17) is 4.42 Å². The molecule has 126 valence electrons. The number of hydrogen-bond donors (Lipinski definition) is 3. The molecule has 10 nitrogen and oxygen atoms in total. The Bertz CT molecular complexity index is 936. The molecule has 3 rings (SSSR count).